The van der Waals surface area contributed by atoms with Gasteiger partial charge in [0.2, 0.25) is 15.9 Å². The normalized spacial score (nSPS) is 12.2. The Labute approximate surface area is 192 Å². The Balaban J connectivity index is 1.90. The molecule has 10 heteroatoms. The zero-order chi connectivity index (χ0) is 22.9. The topological polar surface area (TPSA) is 104 Å². The number of hydrogen-bond donors (Lipinski definition) is 3. The minimum Gasteiger partial charge on any atom is -0.353 e. The molecule has 2 rings (SSSR count). The lowest BCUT2D eigenvalue weighted by Crippen LogP contribution is -2.48. The highest BCUT2D eigenvalue weighted by molar-refractivity contribution is 7.98. The smallest absolute Gasteiger partial charge is 0.251 e. The van der Waals surface area contributed by atoms with E-state index >= 15 is 0 Å². The van der Waals surface area contributed by atoms with Gasteiger partial charge in [-0.15, -0.1) is 0 Å². The highest BCUT2D eigenvalue weighted by Crippen LogP contribution is 2.12. The number of carbonyl (C=O) groups is 2. The van der Waals surface area contributed by atoms with Gasteiger partial charge >= 0.3 is 0 Å². The number of rotatable bonds is 11. The summed E-state index contributed by atoms with van der Waals surface area (Å²) in [7, 11) is -3.84. The van der Waals surface area contributed by atoms with Gasteiger partial charge < -0.3 is 10.6 Å². The molecule has 0 saturated heterocycles. The van der Waals surface area contributed by atoms with Gasteiger partial charge in [-0.25, -0.2) is 8.42 Å². The summed E-state index contributed by atoms with van der Waals surface area (Å²) in [5.74, 6) is -0.114. The van der Waals surface area contributed by atoms with Crippen LogP contribution in [0, 0.1) is 6.92 Å². The minimum absolute atomic E-state index is 0.107. The number of thioether (sulfide) groups is 1. The minimum atomic E-state index is -3.84. The van der Waals surface area contributed by atoms with Crippen molar-refractivity contribution in [3.05, 3.63) is 64.7 Å². The van der Waals surface area contributed by atoms with Gasteiger partial charge in [0.15, 0.2) is 0 Å². The maximum atomic E-state index is 12.7. The Kier molecular flexibility index (Phi) is 9.83. The first-order valence-corrected chi connectivity index (χ1v) is 12.9. The molecule has 0 saturated carbocycles. The molecule has 0 aromatic heterocycles. The lowest BCUT2D eigenvalue weighted by Gasteiger charge is -2.18. The average Bonchev–Trinajstić information content (AvgIpc) is 2.74. The first-order valence-electron chi connectivity index (χ1n) is 9.62. The summed E-state index contributed by atoms with van der Waals surface area (Å²) in [6.45, 7) is 2.23. The standard InChI is InChI=1S/C21H26ClN3O4S2/c1-15-3-9-18(10-4-15)31(28,29)25-19(11-14-30-2)21(27)24-13-12-23-20(26)16-5-7-17(22)8-6-16/h3-10,19,25H,11-14H2,1-2H3,(H,23,26)(H,24,27). The van der Waals surface area contributed by atoms with E-state index in [2.05, 4.69) is 15.4 Å². The van der Waals surface area contributed by atoms with E-state index in [1.807, 2.05) is 13.2 Å². The molecule has 3 N–H and O–H groups in total. The monoisotopic (exact) mass is 483 g/mol. The molecular weight excluding hydrogens is 458 g/mol. The van der Waals surface area contributed by atoms with E-state index in [1.165, 1.54) is 23.9 Å². The molecule has 0 bridgehead atoms. The van der Waals surface area contributed by atoms with E-state index in [-0.39, 0.29) is 23.9 Å². The van der Waals surface area contributed by atoms with Crippen LogP contribution in [-0.2, 0) is 14.8 Å². The molecule has 31 heavy (non-hydrogen) atoms. The Hall–Kier alpha value is -2.07. The summed E-state index contributed by atoms with van der Waals surface area (Å²) >= 11 is 7.33. The van der Waals surface area contributed by atoms with Crippen molar-refractivity contribution in [3.63, 3.8) is 0 Å². The molecule has 0 radical (unpaired) electrons. The van der Waals surface area contributed by atoms with Crippen LogP contribution in [0.3, 0.4) is 0 Å². The number of amides is 2. The van der Waals surface area contributed by atoms with Crippen molar-refractivity contribution in [1.82, 2.24) is 15.4 Å². The van der Waals surface area contributed by atoms with E-state index in [0.717, 1.165) is 5.56 Å². The third-order valence-corrected chi connectivity index (χ3v) is 6.76. The van der Waals surface area contributed by atoms with Crippen LogP contribution in [0.25, 0.3) is 0 Å². The summed E-state index contributed by atoms with van der Waals surface area (Å²) < 4.78 is 27.8. The predicted octanol–water partition coefficient (Wildman–Crippen LogP) is 2.59. The SMILES string of the molecule is CSCCC(NS(=O)(=O)c1ccc(C)cc1)C(=O)NCCNC(=O)c1ccc(Cl)cc1. The molecule has 0 aliphatic rings. The molecule has 0 aliphatic heterocycles. The van der Waals surface area contributed by atoms with Gasteiger partial charge in [0.1, 0.15) is 6.04 Å². The molecule has 2 aromatic rings. The zero-order valence-corrected chi connectivity index (χ0v) is 19.7. The summed E-state index contributed by atoms with van der Waals surface area (Å²) in [5.41, 5.74) is 1.40. The molecule has 168 valence electrons. The first-order chi connectivity index (χ1) is 14.7. The largest absolute Gasteiger partial charge is 0.353 e. The number of sulfonamides is 1. The summed E-state index contributed by atoms with van der Waals surface area (Å²) in [6, 6.07) is 12.0. The molecule has 0 spiro atoms. The number of carbonyl (C=O) groups excluding carboxylic acids is 2. The summed E-state index contributed by atoms with van der Waals surface area (Å²) in [4.78, 5) is 24.8. The van der Waals surface area contributed by atoms with Crippen molar-refractivity contribution >= 4 is 45.2 Å². The Morgan fingerprint density at radius 1 is 1.00 bits per heavy atom. The van der Waals surface area contributed by atoms with Crippen LogP contribution in [0.4, 0.5) is 0 Å². The fourth-order valence-electron chi connectivity index (χ4n) is 2.64. The van der Waals surface area contributed by atoms with Crippen molar-refractivity contribution in [3.8, 4) is 0 Å². The van der Waals surface area contributed by atoms with Crippen molar-refractivity contribution < 1.29 is 18.0 Å². The van der Waals surface area contributed by atoms with E-state index in [4.69, 9.17) is 11.6 Å². The van der Waals surface area contributed by atoms with E-state index in [1.54, 1.807) is 36.4 Å². The molecule has 0 fully saturated rings. The fraction of sp³-hybridized carbons (Fsp3) is 0.333. The fourth-order valence-corrected chi connectivity index (χ4v) is 4.47. The summed E-state index contributed by atoms with van der Waals surface area (Å²) in [6.07, 6.45) is 2.23. The van der Waals surface area contributed by atoms with Crippen LogP contribution in [0.1, 0.15) is 22.3 Å². The Bertz CT molecular complexity index is 981. The lowest BCUT2D eigenvalue weighted by molar-refractivity contribution is -0.122. The van der Waals surface area contributed by atoms with Crippen molar-refractivity contribution in [1.29, 1.82) is 0 Å². The van der Waals surface area contributed by atoms with Gasteiger partial charge in [0, 0.05) is 23.7 Å². The van der Waals surface area contributed by atoms with Crippen LogP contribution < -0.4 is 15.4 Å². The second kappa shape index (κ2) is 12.1. The Morgan fingerprint density at radius 2 is 1.61 bits per heavy atom. The molecule has 7 nitrogen and oxygen atoms in total. The van der Waals surface area contributed by atoms with Crippen LogP contribution >= 0.6 is 23.4 Å². The average molecular weight is 484 g/mol. The molecule has 0 aliphatic carbocycles. The number of nitrogens with one attached hydrogen (secondary N) is 3. The zero-order valence-electron chi connectivity index (χ0n) is 17.4. The third-order valence-electron chi connectivity index (χ3n) is 4.37. The number of aryl methyl sites for hydroxylation is 1. The van der Waals surface area contributed by atoms with Crippen molar-refractivity contribution in [2.24, 2.45) is 0 Å². The van der Waals surface area contributed by atoms with Crippen LogP contribution in [-0.4, -0.2) is 51.4 Å². The molecule has 1 atom stereocenters. The summed E-state index contributed by atoms with van der Waals surface area (Å²) in [5, 5.41) is 5.91. The number of benzene rings is 2. The van der Waals surface area contributed by atoms with Gasteiger partial charge in [0.25, 0.3) is 5.91 Å². The van der Waals surface area contributed by atoms with Crippen LogP contribution in [0.2, 0.25) is 5.02 Å². The van der Waals surface area contributed by atoms with Crippen LogP contribution in [0.15, 0.2) is 53.4 Å². The highest BCUT2D eigenvalue weighted by Gasteiger charge is 2.25. The van der Waals surface area contributed by atoms with Gasteiger partial charge in [-0.05, 0) is 61.8 Å². The van der Waals surface area contributed by atoms with Gasteiger partial charge in [0.05, 0.1) is 4.90 Å². The first kappa shape index (κ1) is 25.2. The third kappa shape index (κ3) is 8.17. The van der Waals surface area contributed by atoms with Crippen molar-refractivity contribution in [2.75, 3.05) is 25.1 Å². The maximum Gasteiger partial charge on any atom is 0.251 e. The van der Waals surface area contributed by atoms with Crippen LogP contribution in [0.5, 0.6) is 0 Å². The molecule has 2 aromatic carbocycles. The van der Waals surface area contributed by atoms with Gasteiger partial charge in [-0.2, -0.15) is 16.5 Å². The Morgan fingerprint density at radius 3 is 2.23 bits per heavy atom. The number of halogens is 1. The van der Waals surface area contributed by atoms with E-state index < -0.39 is 22.0 Å². The molecule has 1 unspecified atom stereocenters. The molecular formula is C21H26ClN3O4S2. The quantitative estimate of drug-likeness (QED) is 0.426. The van der Waals surface area contributed by atoms with E-state index in [0.29, 0.717) is 22.8 Å². The van der Waals surface area contributed by atoms with E-state index in [9.17, 15) is 18.0 Å². The molecule has 0 heterocycles. The van der Waals surface area contributed by atoms with Gasteiger partial charge in [-0.3, -0.25) is 9.59 Å². The second-order valence-electron chi connectivity index (χ2n) is 6.82. The maximum absolute atomic E-state index is 12.7. The van der Waals surface area contributed by atoms with Gasteiger partial charge in [-0.1, -0.05) is 29.3 Å². The number of hydrogen-bond acceptors (Lipinski definition) is 5. The second-order valence-corrected chi connectivity index (χ2v) is 9.96. The lowest BCUT2D eigenvalue weighted by atomic mass is 10.2. The molecule has 2 amide bonds. The van der Waals surface area contributed by atoms with Crippen molar-refractivity contribution in [2.45, 2.75) is 24.3 Å². The highest BCUT2D eigenvalue weighted by atomic mass is 35.5. The predicted molar refractivity (Wildman–Crippen MR) is 125 cm³/mol.